The number of amides is 1. The molecule has 1 aliphatic rings. The molecule has 1 amide bonds. The van der Waals surface area contributed by atoms with Crippen molar-refractivity contribution in [2.24, 2.45) is 5.73 Å². The molecule has 0 radical (unpaired) electrons. The van der Waals surface area contributed by atoms with Gasteiger partial charge in [-0.1, -0.05) is 29.3 Å². The van der Waals surface area contributed by atoms with Gasteiger partial charge in [-0.25, -0.2) is 4.79 Å². The van der Waals surface area contributed by atoms with Gasteiger partial charge in [0.15, 0.2) is 0 Å². The van der Waals surface area contributed by atoms with E-state index in [-0.39, 0.29) is 17.7 Å². The van der Waals surface area contributed by atoms with Crippen molar-refractivity contribution in [1.29, 1.82) is 0 Å². The molecule has 0 aliphatic carbocycles. The maximum Gasteiger partial charge on any atom is 0.326 e. The number of hydrogen-bond donors (Lipinski definition) is 2. The first kappa shape index (κ1) is 16.8. The highest BCUT2D eigenvalue weighted by Gasteiger charge is 2.37. The topological polar surface area (TPSA) is 83.6 Å². The van der Waals surface area contributed by atoms with Gasteiger partial charge in [-0.2, -0.15) is 0 Å². The number of nitrogens with two attached hydrogens (primary N) is 1. The predicted octanol–water partition coefficient (Wildman–Crippen LogP) is 1.55. The third-order valence-corrected chi connectivity index (χ3v) is 4.70. The van der Waals surface area contributed by atoms with Crippen LogP contribution in [0.2, 0.25) is 0 Å². The third kappa shape index (κ3) is 4.24. The molecule has 0 bridgehead atoms. The average molecular weight is 322 g/mol. The molecule has 1 aromatic carbocycles. The number of carboxylic acid groups (broad SMARTS) is 1. The minimum atomic E-state index is -0.972. The number of thioether (sulfide) groups is 1. The molecule has 0 aromatic heterocycles. The molecule has 0 spiro atoms. The van der Waals surface area contributed by atoms with Gasteiger partial charge in [0, 0.05) is 18.3 Å². The van der Waals surface area contributed by atoms with Gasteiger partial charge in [-0.05, 0) is 25.8 Å². The van der Waals surface area contributed by atoms with Crippen LogP contribution in [0.4, 0.5) is 0 Å². The summed E-state index contributed by atoms with van der Waals surface area (Å²) in [6.45, 7) is 4.44. The Morgan fingerprint density at radius 3 is 2.55 bits per heavy atom. The van der Waals surface area contributed by atoms with Crippen molar-refractivity contribution >= 4 is 23.6 Å². The minimum Gasteiger partial charge on any atom is -0.480 e. The van der Waals surface area contributed by atoms with Gasteiger partial charge in [0.2, 0.25) is 5.91 Å². The van der Waals surface area contributed by atoms with Gasteiger partial charge in [0.05, 0.1) is 5.75 Å². The van der Waals surface area contributed by atoms with Gasteiger partial charge in [-0.15, -0.1) is 11.8 Å². The molecule has 5 nitrogen and oxygen atoms in total. The van der Waals surface area contributed by atoms with Gasteiger partial charge < -0.3 is 15.7 Å². The molecule has 22 heavy (non-hydrogen) atoms. The smallest absolute Gasteiger partial charge is 0.326 e. The van der Waals surface area contributed by atoms with Crippen LogP contribution < -0.4 is 5.73 Å². The van der Waals surface area contributed by atoms with Crippen molar-refractivity contribution in [3.8, 4) is 0 Å². The quantitative estimate of drug-likeness (QED) is 0.859. The molecule has 1 aliphatic heterocycles. The summed E-state index contributed by atoms with van der Waals surface area (Å²) in [5.74, 6) is -0.0922. The lowest BCUT2D eigenvalue weighted by Crippen LogP contribution is -2.41. The Morgan fingerprint density at radius 2 is 1.95 bits per heavy atom. The molecule has 0 saturated carbocycles. The summed E-state index contributed by atoms with van der Waals surface area (Å²) in [5.41, 5.74) is 9.38. The van der Waals surface area contributed by atoms with E-state index in [1.165, 1.54) is 33.4 Å². The third-order valence-electron chi connectivity index (χ3n) is 3.71. The highest BCUT2D eigenvalue weighted by atomic mass is 32.2. The molecule has 6 heteroatoms. The maximum absolute atomic E-state index is 12.2. The molecule has 2 rings (SSSR count). The highest BCUT2D eigenvalue weighted by molar-refractivity contribution is 7.99. The minimum absolute atomic E-state index is 0.144. The molecular weight excluding hydrogens is 300 g/mol. The normalized spacial score (nSPS) is 21.1. The molecule has 1 fully saturated rings. The second-order valence-electron chi connectivity index (χ2n) is 5.88. The van der Waals surface area contributed by atoms with Gasteiger partial charge in [0.25, 0.3) is 0 Å². The number of rotatable bonds is 5. The standard InChI is InChI=1S/C16H22N2O3S/c1-10-3-11(2)5-12(4-10)8-22-9-15(19)18-7-13(17)6-14(18)16(20)21/h3-5,13-14H,6-9,17H2,1-2H3,(H,20,21)/t13-,14-/m0/s1. The zero-order chi connectivity index (χ0) is 16.3. The molecular formula is C16H22N2O3S. The number of carboxylic acids is 1. The number of likely N-dealkylation sites (tertiary alicyclic amines) is 1. The number of aliphatic carboxylic acids is 1. The molecule has 1 aromatic rings. The average Bonchev–Trinajstić information content (AvgIpc) is 2.80. The van der Waals surface area contributed by atoms with Crippen molar-refractivity contribution in [2.45, 2.75) is 38.1 Å². The summed E-state index contributed by atoms with van der Waals surface area (Å²) in [5, 5.41) is 9.16. The summed E-state index contributed by atoms with van der Waals surface area (Å²) in [4.78, 5) is 24.8. The first-order valence-corrected chi connectivity index (χ1v) is 8.45. The van der Waals surface area contributed by atoms with Crippen molar-refractivity contribution in [1.82, 2.24) is 4.90 Å². The fourth-order valence-electron chi connectivity index (χ4n) is 2.87. The van der Waals surface area contributed by atoms with E-state index < -0.39 is 12.0 Å². The molecule has 3 N–H and O–H groups in total. The van der Waals surface area contributed by atoms with Crippen LogP contribution in [0.5, 0.6) is 0 Å². The molecule has 120 valence electrons. The fourth-order valence-corrected chi connectivity index (χ4v) is 3.71. The summed E-state index contributed by atoms with van der Waals surface area (Å²) < 4.78 is 0. The zero-order valence-corrected chi connectivity index (χ0v) is 13.7. The fraction of sp³-hybridized carbons (Fsp3) is 0.500. The monoisotopic (exact) mass is 322 g/mol. The van der Waals surface area contributed by atoms with Crippen LogP contribution in [-0.4, -0.2) is 46.3 Å². The van der Waals surface area contributed by atoms with E-state index in [1.54, 1.807) is 0 Å². The summed E-state index contributed by atoms with van der Waals surface area (Å²) >= 11 is 1.51. The van der Waals surface area contributed by atoms with E-state index in [0.29, 0.717) is 13.0 Å². The second kappa shape index (κ2) is 7.15. The van der Waals surface area contributed by atoms with Crippen molar-refractivity contribution in [3.05, 3.63) is 34.9 Å². The van der Waals surface area contributed by atoms with E-state index >= 15 is 0 Å². The molecule has 1 saturated heterocycles. The first-order chi connectivity index (χ1) is 10.4. The van der Waals surface area contributed by atoms with Crippen molar-refractivity contribution in [2.75, 3.05) is 12.3 Å². The van der Waals surface area contributed by atoms with E-state index in [2.05, 4.69) is 32.0 Å². The van der Waals surface area contributed by atoms with E-state index in [9.17, 15) is 9.59 Å². The lowest BCUT2D eigenvalue weighted by molar-refractivity contribution is -0.147. The predicted molar refractivity (Wildman–Crippen MR) is 87.8 cm³/mol. The number of nitrogens with zero attached hydrogens (tertiary/aromatic N) is 1. The van der Waals surface area contributed by atoms with Gasteiger partial charge in [0.1, 0.15) is 6.04 Å². The van der Waals surface area contributed by atoms with Crippen LogP contribution in [0.3, 0.4) is 0 Å². The largest absolute Gasteiger partial charge is 0.480 e. The van der Waals surface area contributed by atoms with E-state index in [0.717, 1.165) is 5.75 Å². The zero-order valence-electron chi connectivity index (χ0n) is 12.9. The maximum atomic E-state index is 12.2. The Kier molecular flexibility index (Phi) is 5.47. The summed E-state index contributed by atoms with van der Waals surface area (Å²) in [7, 11) is 0. The highest BCUT2D eigenvalue weighted by Crippen LogP contribution is 2.20. The van der Waals surface area contributed by atoms with Crippen LogP contribution in [0.1, 0.15) is 23.1 Å². The van der Waals surface area contributed by atoms with Gasteiger partial charge in [-0.3, -0.25) is 4.79 Å². The van der Waals surface area contributed by atoms with E-state index in [4.69, 9.17) is 10.8 Å². The Morgan fingerprint density at radius 1 is 1.32 bits per heavy atom. The van der Waals surface area contributed by atoms with Crippen LogP contribution in [0.25, 0.3) is 0 Å². The van der Waals surface area contributed by atoms with Gasteiger partial charge >= 0.3 is 5.97 Å². The number of carbonyl (C=O) groups is 2. The molecule has 2 atom stereocenters. The Labute approximate surface area is 134 Å². The van der Waals surface area contributed by atoms with Crippen LogP contribution >= 0.6 is 11.8 Å². The number of benzene rings is 1. The second-order valence-corrected chi connectivity index (χ2v) is 6.87. The SMILES string of the molecule is Cc1cc(C)cc(CSCC(=O)N2C[C@@H](N)C[C@H]2C(=O)O)c1. The van der Waals surface area contributed by atoms with E-state index in [1.807, 2.05) is 0 Å². The number of hydrogen-bond acceptors (Lipinski definition) is 4. The lowest BCUT2D eigenvalue weighted by Gasteiger charge is -2.21. The summed E-state index contributed by atoms with van der Waals surface area (Å²) in [6.07, 6.45) is 0.336. The Hall–Kier alpha value is -1.53. The van der Waals surface area contributed by atoms with Crippen LogP contribution in [0, 0.1) is 13.8 Å². The molecule has 1 heterocycles. The van der Waals surface area contributed by atoms with Crippen LogP contribution in [0.15, 0.2) is 18.2 Å². The lowest BCUT2D eigenvalue weighted by atomic mass is 10.1. The Bertz CT molecular complexity index is 556. The molecule has 0 unspecified atom stereocenters. The number of carbonyl (C=O) groups excluding carboxylic acids is 1. The van der Waals surface area contributed by atoms with Crippen LogP contribution in [-0.2, 0) is 15.3 Å². The number of aryl methyl sites for hydroxylation is 2. The van der Waals surface area contributed by atoms with Crippen molar-refractivity contribution < 1.29 is 14.7 Å². The Balaban J connectivity index is 1.88. The summed E-state index contributed by atoms with van der Waals surface area (Å²) in [6, 6.07) is 5.31. The first-order valence-electron chi connectivity index (χ1n) is 7.29. The van der Waals surface area contributed by atoms with Crippen molar-refractivity contribution in [3.63, 3.8) is 0 Å².